The number of aryl methyl sites for hydroxylation is 1. The number of amides is 1. The minimum Gasteiger partial charge on any atom is -0.488 e. The van der Waals surface area contributed by atoms with Crippen molar-refractivity contribution < 1.29 is 18.7 Å². The summed E-state index contributed by atoms with van der Waals surface area (Å²) in [5, 5.41) is 0. The highest BCUT2D eigenvalue weighted by atomic mass is 19.1. The van der Waals surface area contributed by atoms with Gasteiger partial charge in [0, 0.05) is 31.8 Å². The van der Waals surface area contributed by atoms with Gasteiger partial charge in [0.05, 0.1) is 6.54 Å². The number of aromatic nitrogens is 1. The summed E-state index contributed by atoms with van der Waals surface area (Å²) in [6.07, 6.45) is 0.535. The van der Waals surface area contributed by atoms with Crippen LogP contribution in [0.25, 0.3) is 0 Å². The number of likely N-dealkylation sites (tertiary alicyclic amines) is 1. The van der Waals surface area contributed by atoms with Crippen LogP contribution in [-0.2, 0) is 11.8 Å². The number of pyridine rings is 1. The summed E-state index contributed by atoms with van der Waals surface area (Å²) in [7, 11) is 1.71. The predicted octanol–water partition coefficient (Wildman–Crippen LogP) is 1.89. The monoisotopic (exact) mass is 360 g/mol. The Kier molecular flexibility index (Phi) is 5.25. The van der Waals surface area contributed by atoms with Crippen molar-refractivity contribution in [3.8, 4) is 11.5 Å². The number of hydrogen-bond acceptors (Lipinski definition) is 4. The molecule has 0 aliphatic carbocycles. The molecule has 138 valence electrons. The molecule has 1 aromatic carbocycles. The Labute approximate surface area is 150 Å². The summed E-state index contributed by atoms with van der Waals surface area (Å²) in [5.41, 5.74) is 0.685. The van der Waals surface area contributed by atoms with Crippen LogP contribution < -0.4 is 15.0 Å². The van der Waals surface area contributed by atoms with E-state index in [1.165, 1.54) is 30.3 Å². The van der Waals surface area contributed by atoms with E-state index in [0.717, 1.165) is 5.69 Å². The lowest BCUT2D eigenvalue weighted by atomic mass is 10.3. The fourth-order valence-electron chi connectivity index (χ4n) is 2.82. The lowest BCUT2D eigenvalue weighted by Gasteiger charge is -2.18. The first kappa shape index (κ1) is 18.0. The molecule has 7 heteroatoms. The number of ether oxygens (including phenoxy) is 2. The molecule has 0 saturated carbocycles. The average molecular weight is 360 g/mol. The second-order valence-corrected chi connectivity index (χ2v) is 6.34. The maximum atomic E-state index is 12.9. The van der Waals surface area contributed by atoms with Gasteiger partial charge in [0.25, 0.3) is 11.5 Å². The number of rotatable bonds is 5. The standard InChI is InChI=1S/C19H21FN2O4/c1-13-9-17(10-18(23)21(13)2)26-16-7-8-22(11-16)19(24)12-25-15-5-3-14(20)4-6-15/h3-6,9-10,16H,7-8,11-12H2,1-2H3. The number of nitrogens with zero attached hydrogens (tertiary/aromatic N) is 2. The lowest BCUT2D eigenvalue weighted by Crippen LogP contribution is -2.34. The van der Waals surface area contributed by atoms with Crippen LogP contribution in [-0.4, -0.2) is 41.2 Å². The Balaban J connectivity index is 1.52. The largest absolute Gasteiger partial charge is 0.488 e. The normalized spacial score (nSPS) is 16.6. The summed E-state index contributed by atoms with van der Waals surface area (Å²) < 4.78 is 25.7. The highest BCUT2D eigenvalue weighted by Crippen LogP contribution is 2.18. The molecule has 0 spiro atoms. The van der Waals surface area contributed by atoms with Gasteiger partial charge in [-0.1, -0.05) is 0 Å². The third-order valence-corrected chi connectivity index (χ3v) is 4.45. The van der Waals surface area contributed by atoms with E-state index in [0.29, 0.717) is 31.0 Å². The van der Waals surface area contributed by atoms with Gasteiger partial charge in [-0.2, -0.15) is 0 Å². The lowest BCUT2D eigenvalue weighted by molar-refractivity contribution is -0.132. The van der Waals surface area contributed by atoms with Crippen molar-refractivity contribution in [2.45, 2.75) is 19.4 Å². The van der Waals surface area contributed by atoms with Crippen LogP contribution in [0.2, 0.25) is 0 Å². The Morgan fingerprint density at radius 3 is 2.65 bits per heavy atom. The van der Waals surface area contributed by atoms with E-state index in [1.54, 1.807) is 16.5 Å². The van der Waals surface area contributed by atoms with Gasteiger partial charge < -0.3 is 18.9 Å². The second kappa shape index (κ2) is 7.59. The second-order valence-electron chi connectivity index (χ2n) is 6.34. The molecule has 0 radical (unpaired) electrons. The summed E-state index contributed by atoms with van der Waals surface area (Å²) in [4.78, 5) is 25.7. The van der Waals surface area contributed by atoms with Crippen LogP contribution in [0.4, 0.5) is 4.39 Å². The average Bonchev–Trinajstić information content (AvgIpc) is 3.07. The SMILES string of the molecule is Cc1cc(OC2CCN(C(=O)COc3ccc(F)cc3)C2)cc(=O)n1C. The van der Waals surface area contributed by atoms with E-state index in [2.05, 4.69) is 0 Å². The Morgan fingerprint density at radius 1 is 1.23 bits per heavy atom. The fourth-order valence-corrected chi connectivity index (χ4v) is 2.82. The maximum absolute atomic E-state index is 12.9. The van der Waals surface area contributed by atoms with Crippen LogP contribution in [0.3, 0.4) is 0 Å². The van der Waals surface area contributed by atoms with Gasteiger partial charge in [-0.15, -0.1) is 0 Å². The molecule has 2 aromatic rings. The highest BCUT2D eigenvalue weighted by Gasteiger charge is 2.28. The quantitative estimate of drug-likeness (QED) is 0.817. The molecule has 26 heavy (non-hydrogen) atoms. The molecular formula is C19H21FN2O4. The highest BCUT2D eigenvalue weighted by molar-refractivity contribution is 5.78. The summed E-state index contributed by atoms with van der Waals surface area (Å²) >= 11 is 0. The molecule has 1 fully saturated rings. The van der Waals surface area contributed by atoms with Gasteiger partial charge in [0.1, 0.15) is 23.4 Å². The van der Waals surface area contributed by atoms with Gasteiger partial charge in [0.15, 0.2) is 6.61 Å². The smallest absolute Gasteiger partial charge is 0.260 e. The van der Waals surface area contributed by atoms with E-state index in [9.17, 15) is 14.0 Å². The number of halogens is 1. The minimum absolute atomic E-state index is 0.108. The maximum Gasteiger partial charge on any atom is 0.260 e. The predicted molar refractivity (Wildman–Crippen MR) is 93.9 cm³/mol. The molecule has 0 bridgehead atoms. The number of carbonyl (C=O) groups excluding carboxylic acids is 1. The van der Waals surface area contributed by atoms with Gasteiger partial charge in [-0.25, -0.2) is 4.39 Å². The van der Waals surface area contributed by atoms with Gasteiger partial charge >= 0.3 is 0 Å². The Bertz CT molecular complexity index is 848. The third kappa shape index (κ3) is 4.22. The van der Waals surface area contributed by atoms with Crippen LogP contribution in [0.1, 0.15) is 12.1 Å². The molecule has 1 amide bonds. The number of hydrogen-bond donors (Lipinski definition) is 0. The van der Waals surface area contributed by atoms with E-state index in [1.807, 2.05) is 13.0 Å². The van der Waals surface area contributed by atoms with Crippen LogP contribution in [0.15, 0.2) is 41.2 Å². The van der Waals surface area contributed by atoms with Crippen molar-refractivity contribution in [1.82, 2.24) is 9.47 Å². The topological polar surface area (TPSA) is 60.8 Å². The fraction of sp³-hybridized carbons (Fsp3) is 0.368. The van der Waals surface area contributed by atoms with Crippen LogP contribution in [0, 0.1) is 12.7 Å². The molecule has 1 atom stereocenters. The Hall–Kier alpha value is -2.83. The van der Waals surface area contributed by atoms with Crippen LogP contribution >= 0.6 is 0 Å². The van der Waals surface area contributed by atoms with Crippen molar-refractivity contribution in [2.24, 2.45) is 7.05 Å². The zero-order chi connectivity index (χ0) is 18.7. The van der Waals surface area contributed by atoms with Crippen molar-refractivity contribution in [1.29, 1.82) is 0 Å². The molecule has 1 unspecified atom stereocenters. The molecule has 0 N–H and O–H groups in total. The molecule has 2 heterocycles. The zero-order valence-corrected chi connectivity index (χ0v) is 14.8. The van der Waals surface area contributed by atoms with E-state index >= 15 is 0 Å². The Morgan fingerprint density at radius 2 is 1.96 bits per heavy atom. The summed E-state index contributed by atoms with van der Waals surface area (Å²) in [6.45, 7) is 2.74. The zero-order valence-electron chi connectivity index (χ0n) is 14.8. The number of carbonyl (C=O) groups is 1. The third-order valence-electron chi connectivity index (χ3n) is 4.45. The molecule has 1 aliphatic heterocycles. The van der Waals surface area contributed by atoms with Crippen molar-refractivity contribution in [3.05, 3.63) is 58.3 Å². The van der Waals surface area contributed by atoms with E-state index in [4.69, 9.17) is 9.47 Å². The summed E-state index contributed by atoms with van der Waals surface area (Å²) in [6, 6.07) is 8.80. The van der Waals surface area contributed by atoms with Gasteiger partial charge in [-0.05, 0) is 37.3 Å². The summed E-state index contributed by atoms with van der Waals surface area (Å²) in [5.74, 6) is 0.463. The van der Waals surface area contributed by atoms with Gasteiger partial charge in [0.2, 0.25) is 0 Å². The molecule has 1 saturated heterocycles. The molecule has 6 nitrogen and oxygen atoms in total. The molecule has 1 aromatic heterocycles. The van der Waals surface area contributed by atoms with Crippen molar-refractivity contribution in [2.75, 3.05) is 19.7 Å². The first-order chi connectivity index (χ1) is 12.4. The first-order valence-electron chi connectivity index (χ1n) is 8.43. The van der Waals surface area contributed by atoms with E-state index < -0.39 is 0 Å². The van der Waals surface area contributed by atoms with Crippen molar-refractivity contribution in [3.63, 3.8) is 0 Å². The van der Waals surface area contributed by atoms with Crippen molar-refractivity contribution >= 4 is 5.91 Å². The molecular weight excluding hydrogens is 339 g/mol. The minimum atomic E-state index is -0.353. The number of benzene rings is 1. The van der Waals surface area contributed by atoms with E-state index in [-0.39, 0.29) is 30.0 Å². The van der Waals surface area contributed by atoms with Crippen LogP contribution in [0.5, 0.6) is 11.5 Å². The van der Waals surface area contributed by atoms with Gasteiger partial charge in [-0.3, -0.25) is 9.59 Å². The molecule has 3 rings (SSSR count). The molecule has 1 aliphatic rings. The first-order valence-corrected chi connectivity index (χ1v) is 8.43.